The largest absolute Gasteiger partial charge is 0.338 e. The smallest absolute Gasteiger partial charge is 0.333 e. The number of nitrogens with zero attached hydrogens (tertiary/aromatic N) is 4. The molecule has 3 aromatic carbocycles. The second-order valence-electron chi connectivity index (χ2n) is 17.3. The van der Waals surface area contributed by atoms with E-state index in [0.717, 1.165) is 61.6 Å². The zero-order valence-corrected chi connectivity index (χ0v) is 33.5. The fraction of sp³-hybridized carbons (Fsp3) is 0.532. The fourth-order valence-corrected chi connectivity index (χ4v) is 10.1. The van der Waals surface area contributed by atoms with Gasteiger partial charge < -0.3 is 10.6 Å². The first-order valence-electron chi connectivity index (χ1n) is 21.2. The second kappa shape index (κ2) is 17.6. The molecule has 0 aromatic heterocycles. The molecule has 4 saturated carbocycles. The highest BCUT2D eigenvalue weighted by atomic mass is 16.2. The number of hydrazone groups is 2. The molecule has 0 spiro atoms. The predicted molar refractivity (Wildman–Crippen MR) is 223 cm³/mol. The first kappa shape index (κ1) is 38.8. The van der Waals surface area contributed by atoms with E-state index in [1.807, 2.05) is 62.4 Å². The van der Waals surface area contributed by atoms with Crippen molar-refractivity contribution in [2.45, 2.75) is 122 Å². The topological polar surface area (TPSA) is 89.4 Å². The van der Waals surface area contributed by atoms with Gasteiger partial charge in [-0.25, -0.2) is 19.6 Å². The molecule has 55 heavy (non-hydrogen) atoms. The van der Waals surface area contributed by atoms with Crippen molar-refractivity contribution < 1.29 is 9.59 Å². The standard InChI is InChI=1S/C24H33N3O.C23H29N3O/c1-2-3-9-22-21(18-7-5-4-6-8-18)15-27(26-22)24(28)25-23-19-11-16-10-17(13-19)14-20(23)12-16;1-4-5-16-21-20(18-12-8-6-9-13-18)17-26(25-21)22(27)24-23(2,3)19-14-10-7-11-15-19/h4-8,16-17,19-21,23H,2-3,9-15H2,1H3,(H,25,28);6-15,20H,4-5,16-17H2,1-3H3,(H,24,27). The summed E-state index contributed by atoms with van der Waals surface area (Å²) >= 11 is 0. The third-order valence-electron chi connectivity index (χ3n) is 12.9. The van der Waals surface area contributed by atoms with Crippen molar-refractivity contribution in [1.82, 2.24) is 20.7 Å². The van der Waals surface area contributed by atoms with Gasteiger partial charge in [0.15, 0.2) is 0 Å². The summed E-state index contributed by atoms with van der Waals surface area (Å²) in [6.07, 6.45) is 13.2. The van der Waals surface area contributed by atoms with Gasteiger partial charge in [-0.05, 0) is 112 Å². The van der Waals surface area contributed by atoms with E-state index in [9.17, 15) is 9.59 Å². The number of benzene rings is 3. The van der Waals surface area contributed by atoms with Crippen LogP contribution in [-0.2, 0) is 5.54 Å². The molecule has 2 N–H and O–H groups in total. The number of carbonyl (C=O) groups is 2. The molecule has 2 heterocycles. The molecular weight excluding hydrogens is 681 g/mol. The van der Waals surface area contributed by atoms with Crippen LogP contribution >= 0.6 is 0 Å². The van der Waals surface area contributed by atoms with Crippen molar-refractivity contribution in [3.05, 3.63) is 108 Å². The Balaban J connectivity index is 0.000000169. The lowest BCUT2D eigenvalue weighted by atomic mass is 9.54. The Hall–Kier alpha value is -4.46. The van der Waals surface area contributed by atoms with Gasteiger partial charge in [-0.2, -0.15) is 10.2 Å². The third kappa shape index (κ3) is 9.16. The number of rotatable bonds is 11. The van der Waals surface area contributed by atoms with E-state index in [2.05, 4.69) is 66.9 Å². The normalized spacial score (nSPS) is 26.6. The van der Waals surface area contributed by atoms with Crippen LogP contribution in [0.2, 0.25) is 0 Å². The van der Waals surface area contributed by atoms with E-state index in [1.165, 1.54) is 48.9 Å². The highest BCUT2D eigenvalue weighted by molar-refractivity contribution is 5.95. The summed E-state index contributed by atoms with van der Waals surface area (Å²) in [7, 11) is 0. The van der Waals surface area contributed by atoms with E-state index in [1.54, 1.807) is 10.0 Å². The number of unbranched alkanes of at least 4 members (excludes halogenated alkanes) is 2. The number of nitrogens with one attached hydrogen (secondary N) is 2. The maximum atomic E-state index is 13.1. The van der Waals surface area contributed by atoms with Crippen LogP contribution in [0, 0.1) is 23.7 Å². The molecule has 2 unspecified atom stereocenters. The van der Waals surface area contributed by atoms with Gasteiger partial charge in [-0.1, -0.05) is 118 Å². The van der Waals surface area contributed by atoms with Crippen LogP contribution in [0.4, 0.5) is 9.59 Å². The lowest BCUT2D eigenvalue weighted by molar-refractivity contribution is -0.0109. The fourth-order valence-electron chi connectivity index (χ4n) is 10.1. The molecule has 4 bridgehead atoms. The van der Waals surface area contributed by atoms with E-state index in [4.69, 9.17) is 10.2 Å². The van der Waals surface area contributed by atoms with Gasteiger partial charge in [0, 0.05) is 29.3 Å². The monoisotopic (exact) mass is 742 g/mol. The van der Waals surface area contributed by atoms with Crippen molar-refractivity contribution in [2.75, 3.05) is 13.1 Å². The lowest BCUT2D eigenvalue weighted by Gasteiger charge is -2.54. The average molecular weight is 743 g/mol. The summed E-state index contributed by atoms with van der Waals surface area (Å²) in [6.45, 7) is 9.71. The third-order valence-corrected chi connectivity index (χ3v) is 12.9. The van der Waals surface area contributed by atoms with Crippen LogP contribution < -0.4 is 10.6 Å². The molecule has 4 aliphatic carbocycles. The Kier molecular flexibility index (Phi) is 12.4. The quantitative estimate of drug-likeness (QED) is 0.205. The summed E-state index contributed by atoms with van der Waals surface area (Å²) in [5, 5.41) is 19.4. The van der Waals surface area contributed by atoms with E-state index in [0.29, 0.717) is 31.0 Å². The van der Waals surface area contributed by atoms with Gasteiger partial charge in [-0.3, -0.25) is 0 Å². The second-order valence-corrected chi connectivity index (χ2v) is 17.3. The number of carbonyl (C=O) groups excluding carboxylic acids is 2. The van der Waals surface area contributed by atoms with Crippen LogP contribution in [0.3, 0.4) is 0 Å². The maximum Gasteiger partial charge on any atom is 0.338 e. The number of amides is 4. The van der Waals surface area contributed by atoms with Crippen molar-refractivity contribution in [2.24, 2.45) is 33.9 Å². The van der Waals surface area contributed by atoms with Gasteiger partial charge in [-0.15, -0.1) is 0 Å². The molecule has 0 saturated heterocycles. The minimum Gasteiger partial charge on any atom is -0.333 e. The number of hydrogen-bond acceptors (Lipinski definition) is 4. The van der Waals surface area contributed by atoms with E-state index < -0.39 is 5.54 Å². The van der Waals surface area contributed by atoms with Gasteiger partial charge in [0.05, 0.1) is 18.6 Å². The highest BCUT2D eigenvalue weighted by Crippen LogP contribution is 2.53. The summed E-state index contributed by atoms with van der Waals surface area (Å²) < 4.78 is 0. The Morgan fingerprint density at radius 2 is 1.07 bits per heavy atom. The minimum absolute atomic E-state index is 0.0323. The first-order valence-corrected chi connectivity index (χ1v) is 21.2. The van der Waals surface area contributed by atoms with Crippen LogP contribution in [-0.4, -0.2) is 52.6 Å². The summed E-state index contributed by atoms with van der Waals surface area (Å²) in [4.78, 5) is 26.1. The van der Waals surface area contributed by atoms with Crippen LogP contribution in [0.25, 0.3) is 0 Å². The lowest BCUT2D eigenvalue weighted by Crippen LogP contribution is -2.57. The molecule has 8 heteroatoms. The zero-order chi connectivity index (χ0) is 38.4. The molecule has 9 rings (SSSR count). The van der Waals surface area contributed by atoms with Crippen molar-refractivity contribution in [1.29, 1.82) is 0 Å². The maximum absolute atomic E-state index is 13.1. The Bertz CT molecular complexity index is 1760. The molecule has 4 fully saturated rings. The van der Waals surface area contributed by atoms with Crippen molar-refractivity contribution in [3.63, 3.8) is 0 Å². The van der Waals surface area contributed by atoms with Gasteiger partial charge in [0.1, 0.15) is 0 Å². The number of urea groups is 2. The van der Waals surface area contributed by atoms with Crippen molar-refractivity contribution >= 4 is 23.5 Å². The highest BCUT2D eigenvalue weighted by Gasteiger charge is 2.49. The van der Waals surface area contributed by atoms with Crippen LogP contribution in [0.5, 0.6) is 0 Å². The molecule has 2 aliphatic heterocycles. The van der Waals surface area contributed by atoms with Crippen LogP contribution in [0.1, 0.15) is 127 Å². The summed E-state index contributed by atoms with van der Waals surface area (Å²) in [5.41, 5.74) is 5.41. The number of hydrogen-bond donors (Lipinski definition) is 2. The Morgan fingerprint density at radius 1 is 0.636 bits per heavy atom. The molecule has 6 aliphatic rings. The molecule has 3 aromatic rings. The first-order chi connectivity index (χ1) is 26.7. The van der Waals surface area contributed by atoms with Crippen molar-refractivity contribution in [3.8, 4) is 0 Å². The van der Waals surface area contributed by atoms with Gasteiger partial charge in [0.25, 0.3) is 0 Å². The Morgan fingerprint density at radius 3 is 1.53 bits per heavy atom. The minimum atomic E-state index is -0.456. The molecule has 8 nitrogen and oxygen atoms in total. The molecular formula is C47H62N6O2. The van der Waals surface area contributed by atoms with Gasteiger partial charge in [0.2, 0.25) is 0 Å². The van der Waals surface area contributed by atoms with Crippen LogP contribution in [0.15, 0.2) is 101 Å². The zero-order valence-electron chi connectivity index (χ0n) is 33.5. The summed E-state index contributed by atoms with van der Waals surface area (Å²) in [6, 6.07) is 31.3. The molecule has 4 amide bonds. The van der Waals surface area contributed by atoms with Gasteiger partial charge >= 0.3 is 12.1 Å². The SMILES string of the molecule is CCCCC1=NN(C(=O)NC(C)(C)c2ccccc2)CC1c1ccccc1.CCCCC1=NN(C(=O)NC2C3CC4CC(C3)CC2C4)CC1c1ccccc1. The Labute approximate surface area is 329 Å². The molecule has 0 radical (unpaired) electrons. The summed E-state index contributed by atoms with van der Waals surface area (Å²) in [5.74, 6) is 3.71. The van der Waals surface area contributed by atoms with E-state index in [-0.39, 0.29) is 23.9 Å². The molecule has 2 atom stereocenters. The predicted octanol–water partition coefficient (Wildman–Crippen LogP) is 10.4. The van der Waals surface area contributed by atoms with E-state index >= 15 is 0 Å². The average Bonchev–Trinajstić information content (AvgIpc) is 3.84. The molecule has 292 valence electrons.